The minimum absolute atomic E-state index is 0.250. The van der Waals surface area contributed by atoms with Gasteiger partial charge in [0.15, 0.2) is 0 Å². The van der Waals surface area contributed by atoms with Crippen molar-refractivity contribution in [3.8, 4) is 0 Å². The molecule has 0 fully saturated rings. The van der Waals surface area contributed by atoms with Gasteiger partial charge in [-0.1, -0.05) is 52.0 Å². The van der Waals surface area contributed by atoms with Crippen molar-refractivity contribution < 1.29 is 5.11 Å². The summed E-state index contributed by atoms with van der Waals surface area (Å²) in [5, 5.41) is 10.8. The van der Waals surface area contributed by atoms with E-state index in [0.29, 0.717) is 5.92 Å². The second kappa shape index (κ2) is 7.24. The Morgan fingerprint density at radius 1 is 1.15 bits per heavy atom. The summed E-state index contributed by atoms with van der Waals surface area (Å²) in [6, 6.07) is 8.42. The zero-order chi connectivity index (χ0) is 15.3. The molecule has 1 rings (SSSR count). The van der Waals surface area contributed by atoms with Gasteiger partial charge in [0.05, 0.1) is 6.10 Å². The van der Waals surface area contributed by atoms with Crippen LogP contribution in [0.2, 0.25) is 0 Å². The molecule has 20 heavy (non-hydrogen) atoms. The fourth-order valence-electron chi connectivity index (χ4n) is 2.98. The van der Waals surface area contributed by atoms with Crippen molar-refractivity contribution in [1.82, 2.24) is 4.90 Å². The van der Waals surface area contributed by atoms with Crippen LogP contribution in [0.5, 0.6) is 0 Å². The zero-order valence-electron chi connectivity index (χ0n) is 14.0. The van der Waals surface area contributed by atoms with Crippen LogP contribution in [0, 0.1) is 5.92 Å². The molecule has 1 atom stereocenters. The Balaban J connectivity index is 2.98. The van der Waals surface area contributed by atoms with E-state index in [-0.39, 0.29) is 5.54 Å². The molecule has 0 saturated carbocycles. The van der Waals surface area contributed by atoms with E-state index in [9.17, 15) is 5.11 Å². The van der Waals surface area contributed by atoms with E-state index in [1.54, 1.807) is 0 Å². The van der Waals surface area contributed by atoms with Crippen LogP contribution in [0.4, 0.5) is 0 Å². The third kappa shape index (κ3) is 4.07. The normalized spacial score (nSPS) is 14.1. The molecule has 0 aliphatic heterocycles. The van der Waals surface area contributed by atoms with Crippen LogP contribution >= 0.6 is 0 Å². The molecule has 0 radical (unpaired) electrons. The van der Waals surface area contributed by atoms with Gasteiger partial charge in [-0.2, -0.15) is 0 Å². The predicted octanol–water partition coefficient (Wildman–Crippen LogP) is 4.04. The van der Waals surface area contributed by atoms with Gasteiger partial charge in [-0.3, -0.25) is 4.90 Å². The van der Waals surface area contributed by atoms with Gasteiger partial charge in [-0.15, -0.1) is 0 Å². The van der Waals surface area contributed by atoms with Gasteiger partial charge in [0.1, 0.15) is 0 Å². The molecule has 0 spiro atoms. The number of rotatable bonds is 7. The molecule has 0 aromatic heterocycles. The van der Waals surface area contributed by atoms with Gasteiger partial charge in [-0.05, 0) is 50.4 Å². The highest BCUT2D eigenvalue weighted by Crippen LogP contribution is 2.31. The zero-order valence-corrected chi connectivity index (χ0v) is 14.0. The largest absolute Gasteiger partial charge is 0.386 e. The molecule has 0 heterocycles. The van der Waals surface area contributed by atoms with Gasteiger partial charge < -0.3 is 5.11 Å². The maximum absolute atomic E-state index is 10.8. The first-order valence-electron chi connectivity index (χ1n) is 7.84. The Morgan fingerprint density at radius 2 is 1.75 bits per heavy atom. The minimum Gasteiger partial charge on any atom is -0.386 e. The standard InChI is InChI=1S/C18H31NO/c1-7-19(8-2)18(5,6)17(20)16-11-9-10-15(13-16)12-14(3)4/h9-11,13-14,17,20H,7-8,12H2,1-6H3. The van der Waals surface area contributed by atoms with Gasteiger partial charge in [0.25, 0.3) is 0 Å². The quantitative estimate of drug-likeness (QED) is 0.813. The molecule has 0 amide bonds. The average Bonchev–Trinajstić information content (AvgIpc) is 2.38. The van der Waals surface area contributed by atoms with Gasteiger partial charge in [0, 0.05) is 5.54 Å². The highest BCUT2D eigenvalue weighted by molar-refractivity contribution is 5.27. The van der Waals surface area contributed by atoms with Crippen molar-refractivity contribution >= 4 is 0 Å². The van der Waals surface area contributed by atoms with Crippen molar-refractivity contribution in [3.05, 3.63) is 35.4 Å². The summed E-state index contributed by atoms with van der Waals surface area (Å²) in [5.74, 6) is 0.637. The second-order valence-corrected chi connectivity index (χ2v) is 6.57. The molecule has 1 aromatic carbocycles. The van der Waals surface area contributed by atoms with Crippen molar-refractivity contribution in [2.75, 3.05) is 13.1 Å². The first-order valence-corrected chi connectivity index (χ1v) is 7.84. The molecule has 1 unspecified atom stereocenters. The number of hydrogen-bond donors (Lipinski definition) is 1. The van der Waals surface area contributed by atoms with Gasteiger partial charge in [-0.25, -0.2) is 0 Å². The van der Waals surface area contributed by atoms with E-state index in [4.69, 9.17) is 0 Å². The third-order valence-corrected chi connectivity index (χ3v) is 4.16. The maximum atomic E-state index is 10.8. The van der Waals surface area contributed by atoms with Crippen molar-refractivity contribution in [1.29, 1.82) is 0 Å². The van der Waals surface area contributed by atoms with Crippen LogP contribution in [-0.4, -0.2) is 28.6 Å². The lowest BCUT2D eigenvalue weighted by molar-refractivity contribution is -0.00630. The Hall–Kier alpha value is -0.860. The lowest BCUT2D eigenvalue weighted by Gasteiger charge is -2.41. The van der Waals surface area contributed by atoms with Crippen LogP contribution in [0.1, 0.15) is 58.8 Å². The second-order valence-electron chi connectivity index (χ2n) is 6.57. The number of nitrogens with zero attached hydrogens (tertiary/aromatic N) is 1. The summed E-state index contributed by atoms with van der Waals surface area (Å²) in [7, 11) is 0. The van der Waals surface area contributed by atoms with Crippen LogP contribution in [0.25, 0.3) is 0 Å². The summed E-state index contributed by atoms with van der Waals surface area (Å²) >= 11 is 0. The van der Waals surface area contributed by atoms with Crippen LogP contribution in [-0.2, 0) is 6.42 Å². The summed E-state index contributed by atoms with van der Waals surface area (Å²) in [6.07, 6.45) is 0.598. The topological polar surface area (TPSA) is 23.5 Å². The first-order chi connectivity index (χ1) is 9.32. The molecular weight excluding hydrogens is 246 g/mol. The van der Waals surface area contributed by atoms with Crippen molar-refractivity contribution in [2.24, 2.45) is 5.92 Å². The fourth-order valence-corrected chi connectivity index (χ4v) is 2.98. The third-order valence-electron chi connectivity index (χ3n) is 4.16. The van der Waals surface area contributed by atoms with E-state index in [1.807, 2.05) is 6.07 Å². The minimum atomic E-state index is -0.463. The molecule has 0 saturated heterocycles. The summed E-state index contributed by atoms with van der Waals surface area (Å²) in [5.41, 5.74) is 2.09. The summed E-state index contributed by atoms with van der Waals surface area (Å²) < 4.78 is 0. The monoisotopic (exact) mass is 277 g/mol. The molecule has 0 aliphatic carbocycles. The van der Waals surface area contributed by atoms with Gasteiger partial charge >= 0.3 is 0 Å². The molecule has 0 bridgehead atoms. The smallest absolute Gasteiger partial charge is 0.0968 e. The number of hydrogen-bond acceptors (Lipinski definition) is 2. The van der Waals surface area contributed by atoms with Crippen molar-refractivity contribution in [2.45, 2.75) is 59.6 Å². The Morgan fingerprint density at radius 3 is 2.25 bits per heavy atom. The van der Waals surface area contributed by atoms with Gasteiger partial charge in [0.2, 0.25) is 0 Å². The Labute approximate surface area is 124 Å². The molecule has 1 N–H and O–H groups in total. The number of benzene rings is 1. The highest BCUT2D eigenvalue weighted by Gasteiger charge is 2.33. The Bertz CT molecular complexity index is 408. The van der Waals surface area contributed by atoms with E-state index in [0.717, 1.165) is 25.1 Å². The molecule has 1 aromatic rings. The van der Waals surface area contributed by atoms with E-state index in [1.165, 1.54) is 5.56 Å². The molecule has 2 nitrogen and oxygen atoms in total. The molecular formula is C18H31NO. The van der Waals surface area contributed by atoms with Crippen LogP contribution in [0.15, 0.2) is 24.3 Å². The number of aliphatic hydroxyl groups is 1. The SMILES string of the molecule is CCN(CC)C(C)(C)C(O)c1cccc(CC(C)C)c1. The molecule has 0 aliphatic rings. The average molecular weight is 277 g/mol. The fraction of sp³-hybridized carbons (Fsp3) is 0.667. The molecule has 114 valence electrons. The maximum Gasteiger partial charge on any atom is 0.0968 e. The lowest BCUT2D eigenvalue weighted by Crippen LogP contribution is -2.48. The van der Waals surface area contributed by atoms with E-state index >= 15 is 0 Å². The predicted molar refractivity (Wildman–Crippen MR) is 86.9 cm³/mol. The van der Waals surface area contributed by atoms with E-state index in [2.05, 4.69) is 64.6 Å². The highest BCUT2D eigenvalue weighted by atomic mass is 16.3. The van der Waals surface area contributed by atoms with Crippen molar-refractivity contribution in [3.63, 3.8) is 0 Å². The summed E-state index contributed by atoms with van der Waals surface area (Å²) in [6.45, 7) is 14.9. The first kappa shape index (κ1) is 17.2. The Kier molecular flexibility index (Phi) is 6.22. The number of aliphatic hydroxyl groups excluding tert-OH is 1. The lowest BCUT2D eigenvalue weighted by atomic mass is 9.88. The number of likely N-dealkylation sites (N-methyl/N-ethyl adjacent to an activating group) is 1. The molecule has 2 heteroatoms. The van der Waals surface area contributed by atoms with E-state index < -0.39 is 6.10 Å². The van der Waals surface area contributed by atoms with Crippen LogP contribution < -0.4 is 0 Å². The summed E-state index contributed by atoms with van der Waals surface area (Å²) in [4.78, 5) is 2.31. The van der Waals surface area contributed by atoms with Crippen LogP contribution in [0.3, 0.4) is 0 Å².